The summed E-state index contributed by atoms with van der Waals surface area (Å²) in [4.78, 5) is 8.43. The Labute approximate surface area is 100 Å². The van der Waals surface area contributed by atoms with Crippen LogP contribution < -0.4 is 0 Å². The van der Waals surface area contributed by atoms with Crippen molar-refractivity contribution in [3.05, 3.63) is 47.3 Å². The minimum absolute atomic E-state index is 0.574. The summed E-state index contributed by atoms with van der Waals surface area (Å²) in [6, 6.07) is 7.96. The fourth-order valence-corrected chi connectivity index (χ4v) is 1.75. The highest BCUT2D eigenvalue weighted by Gasteiger charge is 2.05. The molecule has 0 aliphatic carbocycles. The van der Waals surface area contributed by atoms with Crippen LogP contribution in [0.1, 0.15) is 0 Å². The smallest absolute Gasteiger partial charge is 0.218 e. The first-order valence-electron chi connectivity index (χ1n) is 4.75. The van der Waals surface area contributed by atoms with Crippen molar-refractivity contribution >= 4 is 26.8 Å². The van der Waals surface area contributed by atoms with E-state index < -0.39 is 0 Å². The van der Waals surface area contributed by atoms with Crippen molar-refractivity contribution in [1.29, 1.82) is 0 Å². The van der Waals surface area contributed by atoms with Crippen molar-refractivity contribution in [2.45, 2.75) is 0 Å². The molecule has 2 aromatic heterocycles. The highest BCUT2D eigenvalue weighted by Crippen LogP contribution is 2.15. The SMILES string of the molecule is Brc1cnc(-n2ncc3ccccc32)nc1. The monoisotopic (exact) mass is 274 g/mol. The molecule has 0 radical (unpaired) electrons. The largest absolute Gasteiger partial charge is 0.251 e. The Morgan fingerprint density at radius 1 is 1.00 bits per heavy atom. The lowest BCUT2D eigenvalue weighted by atomic mass is 10.3. The van der Waals surface area contributed by atoms with Gasteiger partial charge in [0, 0.05) is 17.8 Å². The minimum atomic E-state index is 0.574. The van der Waals surface area contributed by atoms with Crippen LogP contribution in [0.4, 0.5) is 0 Å². The van der Waals surface area contributed by atoms with Crippen molar-refractivity contribution in [1.82, 2.24) is 19.7 Å². The molecule has 2 heterocycles. The Morgan fingerprint density at radius 3 is 2.56 bits per heavy atom. The predicted octanol–water partition coefficient (Wildman–Crippen LogP) is 2.58. The lowest BCUT2D eigenvalue weighted by Crippen LogP contribution is -2.01. The Kier molecular flexibility index (Phi) is 2.18. The van der Waals surface area contributed by atoms with Gasteiger partial charge in [-0.05, 0) is 22.0 Å². The van der Waals surface area contributed by atoms with Gasteiger partial charge in [-0.15, -0.1) is 0 Å². The number of hydrogen-bond acceptors (Lipinski definition) is 3. The van der Waals surface area contributed by atoms with Gasteiger partial charge in [0.05, 0.1) is 16.2 Å². The lowest BCUT2D eigenvalue weighted by molar-refractivity contribution is 0.831. The third-order valence-electron chi connectivity index (χ3n) is 2.27. The molecule has 16 heavy (non-hydrogen) atoms. The molecule has 0 unspecified atom stereocenters. The highest BCUT2D eigenvalue weighted by molar-refractivity contribution is 9.10. The summed E-state index contributed by atoms with van der Waals surface area (Å²) < 4.78 is 2.58. The Hall–Kier alpha value is -1.75. The average Bonchev–Trinajstić information content (AvgIpc) is 2.74. The molecule has 0 amide bonds. The summed E-state index contributed by atoms with van der Waals surface area (Å²) in [6.07, 6.45) is 5.22. The van der Waals surface area contributed by atoms with Gasteiger partial charge in [0.2, 0.25) is 0 Å². The summed E-state index contributed by atoms with van der Waals surface area (Å²) in [6.45, 7) is 0. The molecule has 0 aliphatic rings. The second kappa shape index (κ2) is 3.68. The number of benzene rings is 1. The second-order valence-corrected chi connectivity index (χ2v) is 4.23. The molecule has 0 aliphatic heterocycles. The number of halogens is 1. The maximum atomic E-state index is 4.27. The van der Waals surface area contributed by atoms with Crippen LogP contribution in [-0.4, -0.2) is 19.7 Å². The standard InChI is InChI=1S/C11H7BrN4/c12-9-6-13-11(14-7-9)16-10-4-2-1-3-8(10)5-15-16/h1-7H. The molecule has 0 saturated carbocycles. The lowest BCUT2D eigenvalue weighted by Gasteiger charge is -2.00. The summed E-state index contributed by atoms with van der Waals surface area (Å²) in [7, 11) is 0. The quantitative estimate of drug-likeness (QED) is 0.685. The first-order valence-corrected chi connectivity index (χ1v) is 5.54. The summed E-state index contributed by atoms with van der Waals surface area (Å²) in [5, 5.41) is 5.35. The summed E-state index contributed by atoms with van der Waals surface area (Å²) in [5.74, 6) is 0.574. The average molecular weight is 275 g/mol. The van der Waals surface area contributed by atoms with Crippen LogP contribution in [0.5, 0.6) is 0 Å². The maximum Gasteiger partial charge on any atom is 0.251 e. The minimum Gasteiger partial charge on any atom is -0.218 e. The normalized spacial score (nSPS) is 10.8. The number of hydrogen-bond donors (Lipinski definition) is 0. The Morgan fingerprint density at radius 2 is 1.75 bits per heavy atom. The van der Waals surface area contributed by atoms with Crippen molar-refractivity contribution < 1.29 is 0 Å². The van der Waals surface area contributed by atoms with E-state index in [1.54, 1.807) is 23.3 Å². The van der Waals surface area contributed by atoms with Crippen molar-refractivity contribution in [2.75, 3.05) is 0 Å². The van der Waals surface area contributed by atoms with Gasteiger partial charge in [0.25, 0.3) is 5.95 Å². The van der Waals surface area contributed by atoms with Gasteiger partial charge < -0.3 is 0 Å². The summed E-state index contributed by atoms with van der Waals surface area (Å²) in [5.41, 5.74) is 1.00. The van der Waals surface area contributed by atoms with Gasteiger partial charge in [-0.2, -0.15) is 9.78 Å². The van der Waals surface area contributed by atoms with Crippen LogP contribution in [0, 0.1) is 0 Å². The molecule has 0 fully saturated rings. The number of aromatic nitrogens is 4. The molecule has 0 saturated heterocycles. The predicted molar refractivity (Wildman–Crippen MR) is 64.4 cm³/mol. The Bertz CT molecular complexity index is 630. The fraction of sp³-hybridized carbons (Fsp3) is 0. The second-order valence-electron chi connectivity index (χ2n) is 3.32. The molecular formula is C11H7BrN4. The fourth-order valence-electron chi connectivity index (χ4n) is 1.55. The van der Waals surface area contributed by atoms with E-state index in [0.717, 1.165) is 15.4 Å². The van der Waals surface area contributed by atoms with Crippen molar-refractivity contribution in [2.24, 2.45) is 0 Å². The molecular weight excluding hydrogens is 268 g/mol. The van der Waals surface area contributed by atoms with Gasteiger partial charge in [-0.1, -0.05) is 18.2 Å². The van der Waals surface area contributed by atoms with E-state index in [4.69, 9.17) is 0 Å². The molecule has 5 heteroatoms. The van der Waals surface area contributed by atoms with E-state index in [1.807, 2.05) is 24.3 Å². The van der Waals surface area contributed by atoms with Gasteiger partial charge in [0.15, 0.2) is 0 Å². The number of fused-ring (bicyclic) bond motifs is 1. The third-order valence-corrected chi connectivity index (χ3v) is 2.68. The molecule has 4 nitrogen and oxygen atoms in total. The van der Waals surface area contributed by atoms with E-state index in [2.05, 4.69) is 31.0 Å². The van der Waals surface area contributed by atoms with E-state index >= 15 is 0 Å². The first-order chi connectivity index (χ1) is 7.84. The topological polar surface area (TPSA) is 43.6 Å². The molecule has 3 rings (SSSR count). The van der Waals surface area contributed by atoms with E-state index in [-0.39, 0.29) is 0 Å². The molecule has 1 aromatic carbocycles. The first kappa shape index (κ1) is 9.47. The van der Waals surface area contributed by atoms with Crippen LogP contribution in [-0.2, 0) is 0 Å². The van der Waals surface area contributed by atoms with E-state index in [1.165, 1.54) is 0 Å². The zero-order chi connectivity index (χ0) is 11.0. The van der Waals surface area contributed by atoms with E-state index in [0.29, 0.717) is 5.95 Å². The van der Waals surface area contributed by atoms with Crippen LogP contribution in [0.25, 0.3) is 16.9 Å². The zero-order valence-corrected chi connectivity index (χ0v) is 9.79. The van der Waals surface area contributed by atoms with E-state index in [9.17, 15) is 0 Å². The molecule has 78 valence electrons. The maximum absolute atomic E-state index is 4.27. The molecule has 0 bridgehead atoms. The van der Waals surface area contributed by atoms with Gasteiger partial charge >= 0.3 is 0 Å². The van der Waals surface area contributed by atoms with Crippen LogP contribution in [0.15, 0.2) is 47.3 Å². The number of nitrogens with zero attached hydrogens (tertiary/aromatic N) is 4. The van der Waals surface area contributed by atoms with Gasteiger partial charge in [-0.3, -0.25) is 0 Å². The van der Waals surface area contributed by atoms with Crippen LogP contribution in [0.2, 0.25) is 0 Å². The van der Waals surface area contributed by atoms with Crippen LogP contribution >= 0.6 is 15.9 Å². The van der Waals surface area contributed by atoms with Gasteiger partial charge in [-0.25, -0.2) is 9.97 Å². The molecule has 0 spiro atoms. The summed E-state index contributed by atoms with van der Waals surface area (Å²) >= 11 is 3.30. The highest BCUT2D eigenvalue weighted by atomic mass is 79.9. The van der Waals surface area contributed by atoms with Crippen molar-refractivity contribution in [3.63, 3.8) is 0 Å². The zero-order valence-electron chi connectivity index (χ0n) is 8.21. The number of rotatable bonds is 1. The van der Waals surface area contributed by atoms with Crippen molar-refractivity contribution in [3.8, 4) is 5.95 Å². The molecule has 0 atom stereocenters. The third kappa shape index (κ3) is 1.49. The van der Waals surface area contributed by atoms with Gasteiger partial charge in [0.1, 0.15) is 0 Å². The molecule has 3 aromatic rings. The van der Waals surface area contributed by atoms with Crippen LogP contribution in [0.3, 0.4) is 0 Å². The number of para-hydroxylation sites is 1. The Balaban J connectivity index is 2.22. The molecule has 0 N–H and O–H groups in total.